The summed E-state index contributed by atoms with van der Waals surface area (Å²) < 4.78 is 28.1. The van der Waals surface area contributed by atoms with Gasteiger partial charge in [0.2, 0.25) is 5.91 Å². The first-order valence-corrected chi connectivity index (χ1v) is 10.6. The highest BCUT2D eigenvalue weighted by atomic mass is 19.1. The lowest BCUT2D eigenvalue weighted by Gasteiger charge is -2.21. The Morgan fingerprint density at radius 3 is 2.52 bits per heavy atom. The van der Waals surface area contributed by atoms with Crippen molar-refractivity contribution in [2.75, 3.05) is 36.5 Å². The highest BCUT2D eigenvalue weighted by Crippen LogP contribution is 2.26. The van der Waals surface area contributed by atoms with E-state index in [2.05, 4.69) is 15.6 Å². The molecule has 2 aromatic carbocycles. The minimum atomic E-state index is -0.540. The number of halogens is 2. The molecule has 2 heterocycles. The van der Waals surface area contributed by atoms with Crippen molar-refractivity contribution in [2.45, 2.75) is 31.8 Å². The zero-order chi connectivity index (χ0) is 21.8. The van der Waals surface area contributed by atoms with Gasteiger partial charge in [-0.1, -0.05) is 18.2 Å². The molecule has 0 aliphatic carbocycles. The highest BCUT2D eigenvalue weighted by Gasteiger charge is 2.27. The van der Waals surface area contributed by atoms with E-state index in [1.165, 1.54) is 18.2 Å². The Morgan fingerprint density at radius 2 is 1.87 bits per heavy atom. The molecular formula is C23H27F2N5O. The number of rotatable bonds is 5. The number of hydrogen-bond donors (Lipinski definition) is 2. The Labute approximate surface area is 180 Å². The lowest BCUT2D eigenvalue weighted by atomic mass is 10.2. The third-order valence-corrected chi connectivity index (χ3v) is 5.79. The summed E-state index contributed by atoms with van der Waals surface area (Å²) in [4.78, 5) is 19.7. The van der Waals surface area contributed by atoms with Gasteiger partial charge in [-0.25, -0.2) is 8.78 Å². The van der Waals surface area contributed by atoms with E-state index in [-0.39, 0.29) is 17.6 Å². The fourth-order valence-electron chi connectivity index (χ4n) is 4.16. The van der Waals surface area contributed by atoms with Crippen molar-refractivity contribution in [3.8, 4) is 0 Å². The number of carbonyl (C=O) groups is 1. The number of benzene rings is 2. The Balaban J connectivity index is 1.30. The van der Waals surface area contributed by atoms with Gasteiger partial charge >= 0.3 is 0 Å². The third-order valence-electron chi connectivity index (χ3n) is 5.79. The zero-order valence-corrected chi connectivity index (χ0v) is 17.6. The molecule has 1 unspecified atom stereocenters. The number of aliphatic imine (C=N–C) groups is 1. The van der Waals surface area contributed by atoms with Crippen molar-refractivity contribution in [3.63, 3.8) is 0 Å². The number of para-hydroxylation sites is 1. The van der Waals surface area contributed by atoms with Gasteiger partial charge in [0.05, 0.1) is 0 Å². The number of guanidine groups is 1. The number of nitrogens with zero attached hydrogens (tertiary/aromatic N) is 3. The van der Waals surface area contributed by atoms with E-state index in [0.29, 0.717) is 32.0 Å². The Kier molecular flexibility index (Phi) is 6.34. The fraction of sp³-hybridized carbons (Fsp3) is 0.391. The van der Waals surface area contributed by atoms with Gasteiger partial charge in [-0.15, -0.1) is 0 Å². The first-order valence-electron chi connectivity index (χ1n) is 10.6. The van der Waals surface area contributed by atoms with Crippen molar-refractivity contribution in [1.29, 1.82) is 0 Å². The van der Waals surface area contributed by atoms with E-state index in [0.717, 1.165) is 30.6 Å². The van der Waals surface area contributed by atoms with E-state index in [1.807, 2.05) is 29.2 Å². The summed E-state index contributed by atoms with van der Waals surface area (Å²) in [7, 11) is 1.70. The molecule has 0 aromatic heterocycles. The normalized spacial score (nSPS) is 19.3. The molecule has 1 amide bonds. The van der Waals surface area contributed by atoms with Crippen LogP contribution in [-0.4, -0.2) is 44.6 Å². The van der Waals surface area contributed by atoms with Gasteiger partial charge in [-0.2, -0.15) is 0 Å². The minimum Gasteiger partial charge on any atom is -0.365 e. The molecule has 0 saturated carbocycles. The average Bonchev–Trinajstić information content (AvgIpc) is 3.40. The molecule has 2 aromatic rings. The van der Waals surface area contributed by atoms with Crippen LogP contribution in [0.15, 0.2) is 47.5 Å². The molecule has 2 N–H and O–H groups in total. The Bertz CT molecular complexity index is 943. The average molecular weight is 427 g/mol. The molecule has 2 fully saturated rings. The van der Waals surface area contributed by atoms with Gasteiger partial charge in [0.25, 0.3) is 0 Å². The molecule has 31 heavy (non-hydrogen) atoms. The van der Waals surface area contributed by atoms with Gasteiger partial charge in [0, 0.05) is 51.4 Å². The smallest absolute Gasteiger partial charge is 0.227 e. The van der Waals surface area contributed by atoms with Crippen LogP contribution in [0.2, 0.25) is 0 Å². The second-order valence-electron chi connectivity index (χ2n) is 7.89. The summed E-state index contributed by atoms with van der Waals surface area (Å²) in [5.74, 6) is -0.263. The van der Waals surface area contributed by atoms with E-state index >= 15 is 0 Å². The van der Waals surface area contributed by atoms with E-state index < -0.39 is 11.6 Å². The second kappa shape index (κ2) is 9.32. The molecule has 4 rings (SSSR count). The molecule has 2 aliphatic heterocycles. The summed E-state index contributed by atoms with van der Waals surface area (Å²) in [6.07, 6.45) is 2.28. The zero-order valence-electron chi connectivity index (χ0n) is 17.6. The molecular weight excluding hydrogens is 400 g/mol. The maximum Gasteiger partial charge on any atom is 0.227 e. The van der Waals surface area contributed by atoms with Crippen molar-refractivity contribution in [3.05, 3.63) is 59.7 Å². The minimum absolute atomic E-state index is 0.0336. The van der Waals surface area contributed by atoms with Crippen molar-refractivity contribution in [1.82, 2.24) is 10.6 Å². The lowest BCUT2D eigenvalue weighted by molar-refractivity contribution is -0.117. The quantitative estimate of drug-likeness (QED) is 0.569. The summed E-state index contributed by atoms with van der Waals surface area (Å²) in [5.41, 5.74) is 2.03. The largest absolute Gasteiger partial charge is 0.365 e. The Morgan fingerprint density at radius 1 is 1.13 bits per heavy atom. The van der Waals surface area contributed by atoms with Crippen molar-refractivity contribution >= 4 is 23.2 Å². The van der Waals surface area contributed by atoms with Crippen LogP contribution in [0.25, 0.3) is 0 Å². The maximum atomic E-state index is 14.1. The second-order valence-corrected chi connectivity index (χ2v) is 7.89. The standard InChI is InChI=1S/C23H27F2N5O/c1-26-23(27-14-16-7-9-18(10-8-16)30-12-3-6-21(30)31)28-17-11-13-29(15-17)22-19(24)4-2-5-20(22)25/h2,4-5,7-10,17H,3,6,11-15H2,1H3,(H2,26,27,28). The van der Waals surface area contributed by atoms with E-state index in [1.54, 1.807) is 11.9 Å². The van der Waals surface area contributed by atoms with E-state index in [9.17, 15) is 13.6 Å². The number of amides is 1. The molecule has 0 radical (unpaired) electrons. The van der Waals surface area contributed by atoms with Gasteiger partial charge in [-0.3, -0.25) is 9.79 Å². The number of anilines is 2. The molecule has 8 heteroatoms. The van der Waals surface area contributed by atoms with Crippen LogP contribution < -0.4 is 20.4 Å². The highest BCUT2D eigenvalue weighted by molar-refractivity contribution is 5.95. The third kappa shape index (κ3) is 4.78. The number of carbonyl (C=O) groups excluding carboxylic acids is 1. The van der Waals surface area contributed by atoms with E-state index in [4.69, 9.17) is 0 Å². The fourth-order valence-corrected chi connectivity index (χ4v) is 4.16. The van der Waals surface area contributed by atoms with Crippen LogP contribution in [0.4, 0.5) is 20.2 Å². The molecule has 0 bridgehead atoms. The summed E-state index contributed by atoms with van der Waals surface area (Å²) in [6.45, 7) is 2.43. The van der Waals surface area contributed by atoms with Crippen LogP contribution >= 0.6 is 0 Å². The molecule has 2 aliphatic rings. The predicted molar refractivity (Wildman–Crippen MR) is 118 cm³/mol. The van der Waals surface area contributed by atoms with Gasteiger partial charge < -0.3 is 20.4 Å². The van der Waals surface area contributed by atoms with Crippen LogP contribution in [-0.2, 0) is 11.3 Å². The predicted octanol–water partition coefficient (Wildman–Crippen LogP) is 3.04. The maximum absolute atomic E-state index is 14.1. The van der Waals surface area contributed by atoms with Gasteiger partial charge in [0.15, 0.2) is 5.96 Å². The van der Waals surface area contributed by atoms with Crippen LogP contribution in [0.1, 0.15) is 24.8 Å². The molecule has 2 saturated heterocycles. The monoisotopic (exact) mass is 427 g/mol. The SMILES string of the molecule is CN=C(NCc1ccc(N2CCCC2=O)cc1)NC1CCN(c2c(F)cccc2F)C1. The van der Waals surface area contributed by atoms with Gasteiger partial charge in [-0.05, 0) is 42.7 Å². The van der Waals surface area contributed by atoms with Crippen molar-refractivity contribution < 1.29 is 13.6 Å². The number of nitrogens with one attached hydrogen (secondary N) is 2. The van der Waals surface area contributed by atoms with Gasteiger partial charge in [0.1, 0.15) is 17.3 Å². The van der Waals surface area contributed by atoms with Crippen LogP contribution in [0.5, 0.6) is 0 Å². The Hall–Kier alpha value is -3.16. The number of hydrogen-bond acceptors (Lipinski definition) is 3. The van der Waals surface area contributed by atoms with Crippen LogP contribution in [0, 0.1) is 11.6 Å². The van der Waals surface area contributed by atoms with Crippen molar-refractivity contribution in [2.24, 2.45) is 4.99 Å². The molecule has 0 spiro atoms. The first-order chi connectivity index (χ1) is 15.0. The van der Waals surface area contributed by atoms with Crippen LogP contribution in [0.3, 0.4) is 0 Å². The summed E-state index contributed by atoms with van der Waals surface area (Å²) in [5, 5.41) is 6.62. The first kappa shape index (κ1) is 21.1. The summed E-state index contributed by atoms with van der Waals surface area (Å²) in [6, 6.07) is 11.9. The topological polar surface area (TPSA) is 60.0 Å². The lowest BCUT2D eigenvalue weighted by Crippen LogP contribution is -2.44. The molecule has 1 atom stereocenters. The molecule has 164 valence electrons. The summed E-state index contributed by atoms with van der Waals surface area (Å²) >= 11 is 0. The molecule has 6 nitrogen and oxygen atoms in total.